The summed E-state index contributed by atoms with van der Waals surface area (Å²) in [6.07, 6.45) is 2.39. The first-order valence-electron chi connectivity index (χ1n) is 6.94. The van der Waals surface area contributed by atoms with Gasteiger partial charge in [-0.3, -0.25) is 0 Å². The van der Waals surface area contributed by atoms with Gasteiger partial charge in [-0.1, -0.05) is 42.5 Å². The summed E-state index contributed by atoms with van der Waals surface area (Å²) < 4.78 is 13.3. The van der Waals surface area contributed by atoms with Crippen LogP contribution >= 0.6 is 33.9 Å². The molecule has 4 atom stereocenters. The molecule has 0 N–H and O–H groups in total. The van der Waals surface area contributed by atoms with Crippen molar-refractivity contribution < 1.29 is 9.47 Å². The molecule has 106 valence electrons. The van der Waals surface area contributed by atoms with E-state index in [0.717, 1.165) is 19.4 Å². The summed E-state index contributed by atoms with van der Waals surface area (Å²) >= 11 is 4.34. The molecule has 0 saturated carbocycles. The van der Waals surface area contributed by atoms with E-state index in [4.69, 9.17) is 9.47 Å². The van der Waals surface area contributed by atoms with Crippen LogP contribution in [0.15, 0.2) is 17.5 Å². The highest BCUT2D eigenvalue weighted by atomic mass is 127. The van der Waals surface area contributed by atoms with Crippen LogP contribution in [-0.4, -0.2) is 21.2 Å². The Labute approximate surface area is 133 Å². The molecule has 3 rings (SSSR count). The lowest BCUT2D eigenvalue weighted by Crippen LogP contribution is -2.44. The fourth-order valence-electron chi connectivity index (χ4n) is 3.47. The maximum absolute atomic E-state index is 6.47. The van der Waals surface area contributed by atoms with Gasteiger partial charge in [-0.15, -0.1) is 11.3 Å². The van der Waals surface area contributed by atoms with Crippen molar-refractivity contribution in [3.8, 4) is 0 Å². The lowest BCUT2D eigenvalue weighted by atomic mass is 9.75. The molecule has 0 unspecified atom stereocenters. The summed E-state index contributed by atoms with van der Waals surface area (Å²) in [5.41, 5.74) is -0.0667. The van der Waals surface area contributed by atoms with Gasteiger partial charge in [-0.05, 0) is 30.7 Å². The quantitative estimate of drug-likeness (QED) is 0.558. The minimum Gasteiger partial charge on any atom is -0.370 e. The normalized spacial score (nSPS) is 41.3. The highest BCUT2D eigenvalue weighted by molar-refractivity contribution is 14.1. The highest BCUT2D eigenvalue weighted by Gasteiger charge is 2.65. The second kappa shape index (κ2) is 4.97. The predicted octanol–water partition coefficient (Wildman–Crippen LogP) is 4.41. The molecule has 0 amide bonds. The molecule has 1 aromatic rings. The first kappa shape index (κ1) is 14.3. The van der Waals surface area contributed by atoms with Crippen LogP contribution < -0.4 is 0 Å². The van der Waals surface area contributed by atoms with E-state index >= 15 is 0 Å². The molecule has 2 aliphatic heterocycles. The summed E-state index contributed by atoms with van der Waals surface area (Å²) in [7, 11) is 0. The van der Waals surface area contributed by atoms with E-state index in [0.29, 0.717) is 9.84 Å². The molecular formula is C15H21IO2S. The first-order valence-corrected chi connectivity index (χ1v) is 9.07. The van der Waals surface area contributed by atoms with E-state index in [1.807, 2.05) is 0 Å². The van der Waals surface area contributed by atoms with Gasteiger partial charge in [-0.2, -0.15) is 0 Å². The van der Waals surface area contributed by atoms with Gasteiger partial charge in [0.1, 0.15) is 0 Å². The van der Waals surface area contributed by atoms with Crippen LogP contribution in [0.2, 0.25) is 0 Å². The van der Waals surface area contributed by atoms with Crippen LogP contribution in [0.4, 0.5) is 0 Å². The van der Waals surface area contributed by atoms with E-state index in [1.165, 1.54) is 4.88 Å². The summed E-state index contributed by atoms with van der Waals surface area (Å²) in [6, 6.07) is 4.22. The van der Waals surface area contributed by atoms with E-state index in [1.54, 1.807) is 11.3 Å². The smallest absolute Gasteiger partial charge is 0.0935 e. The van der Waals surface area contributed by atoms with Crippen LogP contribution in [0.25, 0.3) is 0 Å². The van der Waals surface area contributed by atoms with Gasteiger partial charge in [-0.25, -0.2) is 0 Å². The maximum Gasteiger partial charge on any atom is 0.0935 e. The van der Waals surface area contributed by atoms with Crippen molar-refractivity contribution in [3.05, 3.63) is 22.4 Å². The molecular weight excluding hydrogens is 371 g/mol. The van der Waals surface area contributed by atoms with Crippen LogP contribution in [0.3, 0.4) is 0 Å². The van der Waals surface area contributed by atoms with E-state index < -0.39 is 0 Å². The Morgan fingerprint density at radius 1 is 1.53 bits per heavy atom. The van der Waals surface area contributed by atoms with Gasteiger partial charge < -0.3 is 9.47 Å². The number of ether oxygens (including phenoxy) is 2. The zero-order valence-corrected chi connectivity index (χ0v) is 14.7. The van der Waals surface area contributed by atoms with Crippen molar-refractivity contribution in [1.29, 1.82) is 0 Å². The molecule has 1 aromatic heterocycles. The van der Waals surface area contributed by atoms with Gasteiger partial charge in [0.05, 0.1) is 23.9 Å². The maximum atomic E-state index is 6.47. The molecule has 2 bridgehead atoms. The van der Waals surface area contributed by atoms with Crippen molar-refractivity contribution in [3.63, 3.8) is 0 Å². The Balaban J connectivity index is 1.72. The fourth-order valence-corrected chi connectivity index (χ4v) is 6.07. The van der Waals surface area contributed by atoms with Crippen LogP contribution in [0.1, 0.15) is 38.5 Å². The average Bonchev–Trinajstić information content (AvgIpc) is 2.98. The number of fused-ring (bicyclic) bond motifs is 2. The molecule has 2 aliphatic rings. The molecule has 0 spiro atoms. The van der Waals surface area contributed by atoms with Gasteiger partial charge >= 0.3 is 0 Å². The molecule has 0 aromatic carbocycles. The number of hydrogen-bond acceptors (Lipinski definition) is 3. The molecule has 2 saturated heterocycles. The largest absolute Gasteiger partial charge is 0.370 e. The fraction of sp³-hybridized carbons (Fsp3) is 0.733. The number of thiophene rings is 1. The zero-order chi connectivity index (χ0) is 13.7. The first-order chi connectivity index (χ1) is 8.96. The minimum absolute atomic E-state index is 0.0232. The highest BCUT2D eigenvalue weighted by Crippen LogP contribution is 2.57. The SMILES string of the molecule is CC(C)[C@]12C[C@@H](OCc3cccs3)[C@](C)(C[C@@H]1I)O2. The van der Waals surface area contributed by atoms with Crippen molar-refractivity contribution in [2.24, 2.45) is 5.92 Å². The van der Waals surface area contributed by atoms with Crippen molar-refractivity contribution >= 4 is 33.9 Å². The lowest BCUT2D eigenvalue weighted by Gasteiger charge is -2.35. The van der Waals surface area contributed by atoms with Crippen molar-refractivity contribution in [2.45, 2.75) is 61.5 Å². The predicted molar refractivity (Wildman–Crippen MR) is 87.0 cm³/mol. The van der Waals surface area contributed by atoms with E-state index in [-0.39, 0.29) is 17.3 Å². The molecule has 0 radical (unpaired) electrons. The number of hydrogen-bond donors (Lipinski definition) is 0. The van der Waals surface area contributed by atoms with Crippen molar-refractivity contribution in [2.75, 3.05) is 0 Å². The minimum atomic E-state index is -0.0899. The number of alkyl halides is 1. The third-order valence-corrected chi connectivity index (χ3v) is 7.05. The zero-order valence-electron chi connectivity index (χ0n) is 11.7. The Hall–Kier alpha value is 0.350. The molecule has 19 heavy (non-hydrogen) atoms. The van der Waals surface area contributed by atoms with Crippen LogP contribution in [0.5, 0.6) is 0 Å². The molecule has 4 heteroatoms. The Morgan fingerprint density at radius 2 is 2.32 bits per heavy atom. The van der Waals surface area contributed by atoms with Gasteiger partial charge in [0.2, 0.25) is 0 Å². The molecule has 3 heterocycles. The van der Waals surface area contributed by atoms with Crippen LogP contribution in [-0.2, 0) is 16.1 Å². The molecule has 2 nitrogen and oxygen atoms in total. The molecule has 0 aliphatic carbocycles. The standard InChI is InChI=1S/C15H21IO2S/c1-10(2)15-8-13(14(3,18-15)7-12(15)16)17-9-11-5-4-6-19-11/h4-6,10,12-13H,7-9H2,1-3H3/t12-,13+,14-,15+/m0/s1. The second-order valence-corrected chi connectivity index (χ2v) is 8.82. The Morgan fingerprint density at radius 3 is 2.89 bits per heavy atom. The number of rotatable bonds is 4. The third-order valence-electron chi connectivity index (χ3n) is 4.71. The Bertz CT molecular complexity index is 447. The van der Waals surface area contributed by atoms with E-state index in [9.17, 15) is 0 Å². The Kier molecular flexibility index (Phi) is 3.74. The van der Waals surface area contributed by atoms with Gasteiger partial charge in [0, 0.05) is 15.2 Å². The third kappa shape index (κ3) is 2.28. The molecule has 2 fully saturated rings. The van der Waals surface area contributed by atoms with Gasteiger partial charge in [0.15, 0.2) is 0 Å². The summed E-state index contributed by atoms with van der Waals surface area (Å²) in [6.45, 7) is 7.51. The summed E-state index contributed by atoms with van der Waals surface area (Å²) in [4.78, 5) is 1.30. The topological polar surface area (TPSA) is 18.5 Å². The van der Waals surface area contributed by atoms with Crippen molar-refractivity contribution in [1.82, 2.24) is 0 Å². The van der Waals surface area contributed by atoms with E-state index in [2.05, 4.69) is 60.9 Å². The van der Waals surface area contributed by atoms with Crippen LogP contribution in [0, 0.1) is 5.92 Å². The average molecular weight is 392 g/mol. The lowest BCUT2D eigenvalue weighted by molar-refractivity contribution is -0.0951. The monoisotopic (exact) mass is 392 g/mol. The number of halogens is 1. The van der Waals surface area contributed by atoms with Gasteiger partial charge in [0.25, 0.3) is 0 Å². The second-order valence-electron chi connectivity index (χ2n) is 6.28. The summed E-state index contributed by atoms with van der Waals surface area (Å²) in [5, 5.41) is 2.11. The summed E-state index contributed by atoms with van der Waals surface area (Å²) in [5.74, 6) is 0.548.